The Labute approximate surface area is 191 Å². The zero-order valence-electron chi connectivity index (χ0n) is 18.6. The summed E-state index contributed by atoms with van der Waals surface area (Å²) in [7, 11) is 1.49. The summed E-state index contributed by atoms with van der Waals surface area (Å²) in [5.41, 5.74) is 3.01. The number of pyridine rings is 1. The number of likely N-dealkylation sites (tertiary alicyclic amines) is 1. The zero-order chi connectivity index (χ0) is 23.7. The SMILES string of the molecule is COc1c(C)cc(C)cc1/C(O)=C1\C(=O)C(=O)N(Cc2ccccn2)C1c1cccc(O)c1. The van der Waals surface area contributed by atoms with Crippen molar-refractivity contribution in [2.75, 3.05) is 7.11 Å². The number of methoxy groups -OCH3 is 1. The molecule has 0 aliphatic carbocycles. The van der Waals surface area contributed by atoms with E-state index in [2.05, 4.69) is 4.98 Å². The maximum atomic E-state index is 13.2. The predicted molar refractivity (Wildman–Crippen MR) is 123 cm³/mol. The second-order valence-corrected chi connectivity index (χ2v) is 8.01. The molecule has 7 heteroatoms. The summed E-state index contributed by atoms with van der Waals surface area (Å²) < 4.78 is 5.50. The molecule has 2 heterocycles. The lowest BCUT2D eigenvalue weighted by Gasteiger charge is -2.25. The van der Waals surface area contributed by atoms with Crippen molar-refractivity contribution in [3.63, 3.8) is 0 Å². The number of amides is 1. The minimum Gasteiger partial charge on any atom is -0.508 e. The third-order valence-electron chi connectivity index (χ3n) is 5.66. The lowest BCUT2D eigenvalue weighted by molar-refractivity contribution is -0.140. The number of aromatic nitrogens is 1. The zero-order valence-corrected chi connectivity index (χ0v) is 18.6. The third-order valence-corrected chi connectivity index (χ3v) is 5.66. The number of aliphatic hydroxyl groups is 1. The molecule has 168 valence electrons. The van der Waals surface area contributed by atoms with Crippen LogP contribution in [-0.4, -0.2) is 38.9 Å². The van der Waals surface area contributed by atoms with Crippen LogP contribution in [0.3, 0.4) is 0 Å². The molecule has 1 aliphatic heterocycles. The van der Waals surface area contributed by atoms with Crippen LogP contribution >= 0.6 is 0 Å². The molecule has 2 N–H and O–H groups in total. The molecule has 0 radical (unpaired) electrons. The Bertz CT molecular complexity index is 1270. The number of hydrogen-bond acceptors (Lipinski definition) is 6. The van der Waals surface area contributed by atoms with Crippen molar-refractivity contribution < 1.29 is 24.5 Å². The maximum Gasteiger partial charge on any atom is 0.296 e. The molecule has 4 rings (SSSR count). The number of phenols is 1. The maximum absolute atomic E-state index is 13.2. The van der Waals surface area contributed by atoms with Gasteiger partial charge in [0.15, 0.2) is 0 Å². The second kappa shape index (κ2) is 8.78. The molecule has 0 saturated carbocycles. The molecule has 3 aromatic rings. The fraction of sp³-hybridized carbons (Fsp3) is 0.192. The minimum absolute atomic E-state index is 0.0140. The molecule has 0 spiro atoms. The van der Waals surface area contributed by atoms with E-state index in [0.717, 1.165) is 11.1 Å². The molecule has 0 bridgehead atoms. The van der Waals surface area contributed by atoms with Gasteiger partial charge in [0.25, 0.3) is 11.7 Å². The van der Waals surface area contributed by atoms with Gasteiger partial charge in [0.2, 0.25) is 0 Å². The van der Waals surface area contributed by atoms with Crippen LogP contribution in [0.25, 0.3) is 5.76 Å². The molecule has 2 aromatic carbocycles. The molecular formula is C26H24N2O5. The molecule has 1 amide bonds. The van der Waals surface area contributed by atoms with Crippen molar-refractivity contribution in [2.45, 2.75) is 26.4 Å². The molecule has 1 unspecified atom stereocenters. The fourth-order valence-corrected chi connectivity index (χ4v) is 4.30. The van der Waals surface area contributed by atoms with Crippen molar-refractivity contribution in [1.29, 1.82) is 0 Å². The average Bonchev–Trinajstić information content (AvgIpc) is 3.04. The van der Waals surface area contributed by atoms with E-state index >= 15 is 0 Å². The number of Topliss-reactive ketones (excluding diaryl/α,β-unsaturated/α-hetero) is 1. The van der Waals surface area contributed by atoms with E-state index in [1.54, 1.807) is 42.6 Å². The van der Waals surface area contributed by atoms with Crippen LogP contribution < -0.4 is 4.74 Å². The van der Waals surface area contributed by atoms with Gasteiger partial charge >= 0.3 is 0 Å². The van der Waals surface area contributed by atoms with Crippen molar-refractivity contribution in [3.8, 4) is 11.5 Å². The van der Waals surface area contributed by atoms with Crippen LogP contribution in [0.5, 0.6) is 11.5 Å². The number of ether oxygens (including phenoxy) is 1. The first-order valence-corrected chi connectivity index (χ1v) is 10.4. The van der Waals surface area contributed by atoms with E-state index in [1.807, 2.05) is 19.9 Å². The summed E-state index contributed by atoms with van der Waals surface area (Å²) in [5.74, 6) is -1.48. The number of benzene rings is 2. The van der Waals surface area contributed by atoms with Crippen LogP contribution in [0, 0.1) is 13.8 Å². The molecule has 1 atom stereocenters. The molecule has 1 aliphatic rings. The summed E-state index contributed by atoms with van der Waals surface area (Å²) >= 11 is 0. The summed E-state index contributed by atoms with van der Waals surface area (Å²) in [6, 6.07) is 14.3. The predicted octanol–water partition coefficient (Wildman–Crippen LogP) is 4.03. The van der Waals surface area contributed by atoms with Crippen LogP contribution in [0.4, 0.5) is 0 Å². The second-order valence-electron chi connectivity index (χ2n) is 8.01. The van der Waals surface area contributed by atoms with Gasteiger partial charge in [-0.1, -0.05) is 24.3 Å². The van der Waals surface area contributed by atoms with E-state index in [0.29, 0.717) is 22.6 Å². The van der Waals surface area contributed by atoms with Crippen LogP contribution in [0.1, 0.15) is 34.0 Å². The van der Waals surface area contributed by atoms with Crippen molar-refractivity contribution in [1.82, 2.24) is 9.88 Å². The summed E-state index contributed by atoms with van der Waals surface area (Å²) in [6.07, 6.45) is 1.61. The number of aryl methyl sites for hydroxylation is 2. The molecule has 33 heavy (non-hydrogen) atoms. The van der Waals surface area contributed by atoms with Gasteiger partial charge in [0.05, 0.1) is 36.5 Å². The third kappa shape index (κ3) is 4.05. The number of aliphatic hydroxyl groups excluding tert-OH is 1. The first-order chi connectivity index (χ1) is 15.8. The summed E-state index contributed by atoms with van der Waals surface area (Å²) in [5, 5.41) is 21.5. The van der Waals surface area contributed by atoms with Gasteiger partial charge in [-0.3, -0.25) is 14.6 Å². The van der Waals surface area contributed by atoms with Gasteiger partial charge in [-0.05, 0) is 60.9 Å². The molecule has 1 aromatic heterocycles. The van der Waals surface area contributed by atoms with Crippen LogP contribution in [-0.2, 0) is 16.1 Å². The monoisotopic (exact) mass is 444 g/mol. The fourth-order valence-electron chi connectivity index (χ4n) is 4.30. The highest BCUT2D eigenvalue weighted by atomic mass is 16.5. The number of ketones is 1. The lowest BCUT2D eigenvalue weighted by Crippen LogP contribution is -2.29. The van der Waals surface area contributed by atoms with E-state index in [1.165, 1.54) is 24.1 Å². The Kier molecular flexibility index (Phi) is 5.87. The smallest absolute Gasteiger partial charge is 0.296 e. The van der Waals surface area contributed by atoms with E-state index in [9.17, 15) is 19.8 Å². The Morgan fingerprint density at radius 3 is 2.55 bits per heavy atom. The van der Waals surface area contributed by atoms with Crippen molar-refractivity contribution in [3.05, 3.63) is 94.3 Å². The van der Waals surface area contributed by atoms with Gasteiger partial charge in [-0.2, -0.15) is 0 Å². The largest absolute Gasteiger partial charge is 0.508 e. The Morgan fingerprint density at radius 1 is 1.09 bits per heavy atom. The van der Waals surface area contributed by atoms with Crippen molar-refractivity contribution in [2.24, 2.45) is 0 Å². The molecule has 1 saturated heterocycles. The number of hydrogen-bond donors (Lipinski definition) is 2. The van der Waals surface area contributed by atoms with Crippen molar-refractivity contribution >= 4 is 17.4 Å². The van der Waals surface area contributed by atoms with Gasteiger partial charge < -0.3 is 19.8 Å². The minimum atomic E-state index is -0.912. The quantitative estimate of drug-likeness (QED) is 0.350. The number of rotatable bonds is 5. The molecular weight excluding hydrogens is 420 g/mol. The van der Waals surface area contributed by atoms with E-state index < -0.39 is 17.7 Å². The molecule has 1 fully saturated rings. The number of aromatic hydroxyl groups is 1. The summed E-state index contributed by atoms with van der Waals surface area (Å²) in [6.45, 7) is 3.77. The number of phenolic OH excluding ortho intramolecular Hbond substituents is 1. The highest BCUT2D eigenvalue weighted by Gasteiger charge is 2.46. The highest BCUT2D eigenvalue weighted by Crippen LogP contribution is 2.42. The van der Waals surface area contributed by atoms with Crippen LogP contribution in [0.2, 0.25) is 0 Å². The standard InChI is InChI=1S/C26H24N2O5/c1-15-11-16(2)25(33-3)20(12-15)23(30)21-22(17-7-6-9-19(29)13-17)28(26(32)24(21)31)14-18-8-4-5-10-27-18/h4-13,22,29-30H,14H2,1-3H3/b23-21+. The van der Waals surface area contributed by atoms with E-state index in [4.69, 9.17) is 4.74 Å². The highest BCUT2D eigenvalue weighted by molar-refractivity contribution is 6.46. The topological polar surface area (TPSA) is 100.0 Å². The van der Waals surface area contributed by atoms with Gasteiger partial charge in [-0.25, -0.2) is 0 Å². The molecule has 7 nitrogen and oxygen atoms in total. The summed E-state index contributed by atoms with van der Waals surface area (Å²) in [4.78, 5) is 32.0. The Morgan fingerprint density at radius 2 is 1.88 bits per heavy atom. The number of nitrogens with zero attached hydrogens (tertiary/aromatic N) is 2. The normalized spacial score (nSPS) is 17.4. The van der Waals surface area contributed by atoms with Gasteiger partial charge in [-0.15, -0.1) is 0 Å². The number of carbonyl (C=O) groups is 2. The first kappa shape index (κ1) is 22.1. The van der Waals surface area contributed by atoms with Gasteiger partial charge in [0, 0.05) is 6.20 Å². The Balaban J connectivity index is 1.94. The average molecular weight is 444 g/mol. The first-order valence-electron chi connectivity index (χ1n) is 10.4. The lowest BCUT2D eigenvalue weighted by atomic mass is 9.93. The van der Waals surface area contributed by atoms with E-state index in [-0.39, 0.29) is 23.6 Å². The van der Waals surface area contributed by atoms with Crippen LogP contribution in [0.15, 0.2) is 66.4 Å². The number of carbonyl (C=O) groups excluding carboxylic acids is 2. The Hall–Kier alpha value is -4.13. The van der Waals surface area contributed by atoms with Gasteiger partial charge in [0.1, 0.15) is 17.3 Å².